The van der Waals surface area contributed by atoms with Gasteiger partial charge in [-0.3, -0.25) is 0 Å². The van der Waals surface area contributed by atoms with Gasteiger partial charge in [-0.15, -0.1) is 0 Å². The second-order valence-corrected chi connectivity index (χ2v) is 6.69. The maximum Gasteiger partial charge on any atom is 0.191 e. The van der Waals surface area contributed by atoms with Crippen LogP contribution in [0.1, 0.15) is 45.6 Å². The summed E-state index contributed by atoms with van der Waals surface area (Å²) >= 11 is 0. The summed E-state index contributed by atoms with van der Waals surface area (Å²) in [4.78, 5) is 11.5. The summed E-state index contributed by atoms with van der Waals surface area (Å²) in [6, 6.07) is 4.19. The third-order valence-electron chi connectivity index (χ3n) is 4.47. The third-order valence-corrected chi connectivity index (χ3v) is 4.47. The Labute approximate surface area is 158 Å². The summed E-state index contributed by atoms with van der Waals surface area (Å²) in [5.41, 5.74) is 1.12. The highest BCUT2D eigenvalue weighted by Crippen LogP contribution is 2.28. The molecule has 1 aromatic rings. The van der Waals surface area contributed by atoms with Crippen LogP contribution in [0, 0.1) is 5.92 Å². The van der Waals surface area contributed by atoms with Crippen molar-refractivity contribution in [3.63, 3.8) is 0 Å². The van der Waals surface area contributed by atoms with Crippen LogP contribution < -0.4 is 15.5 Å². The molecule has 0 aromatic carbocycles. The van der Waals surface area contributed by atoms with Crippen LogP contribution in [0.5, 0.6) is 0 Å². The Hall–Kier alpha value is -1.82. The van der Waals surface area contributed by atoms with Gasteiger partial charge in [0, 0.05) is 45.6 Å². The minimum Gasteiger partial charge on any atom is -0.381 e. The predicted molar refractivity (Wildman–Crippen MR) is 109 cm³/mol. The Morgan fingerprint density at radius 2 is 2.04 bits per heavy atom. The zero-order chi connectivity index (χ0) is 18.6. The number of pyridine rings is 1. The van der Waals surface area contributed by atoms with E-state index in [0.717, 1.165) is 69.1 Å². The molecule has 0 unspecified atom stereocenters. The first-order valence-corrected chi connectivity index (χ1v) is 10.1. The Kier molecular flexibility index (Phi) is 9.24. The Morgan fingerprint density at radius 1 is 1.23 bits per heavy atom. The van der Waals surface area contributed by atoms with Gasteiger partial charge in [-0.25, -0.2) is 9.98 Å². The van der Waals surface area contributed by atoms with Crippen molar-refractivity contribution in [3.05, 3.63) is 23.9 Å². The molecule has 26 heavy (non-hydrogen) atoms. The number of nitrogens with one attached hydrogen (secondary N) is 2. The summed E-state index contributed by atoms with van der Waals surface area (Å²) in [5, 5.41) is 6.66. The van der Waals surface area contributed by atoms with Gasteiger partial charge in [-0.1, -0.05) is 6.07 Å². The third kappa shape index (κ3) is 7.60. The highest BCUT2D eigenvalue weighted by atomic mass is 16.5. The minimum absolute atomic E-state index is 0.624. The molecule has 0 atom stereocenters. The number of ether oxygens (including phenoxy) is 1. The van der Waals surface area contributed by atoms with E-state index in [2.05, 4.69) is 58.4 Å². The lowest BCUT2D eigenvalue weighted by Crippen LogP contribution is -2.38. The summed E-state index contributed by atoms with van der Waals surface area (Å²) in [5.74, 6) is 2.71. The van der Waals surface area contributed by atoms with E-state index in [0.29, 0.717) is 6.54 Å². The Morgan fingerprint density at radius 3 is 2.65 bits per heavy atom. The summed E-state index contributed by atoms with van der Waals surface area (Å²) in [6.45, 7) is 12.4. The van der Waals surface area contributed by atoms with Gasteiger partial charge < -0.3 is 20.3 Å². The van der Waals surface area contributed by atoms with Crippen LogP contribution in [0.3, 0.4) is 0 Å². The van der Waals surface area contributed by atoms with Crippen molar-refractivity contribution in [2.24, 2.45) is 10.9 Å². The molecule has 1 aliphatic rings. The zero-order valence-electron chi connectivity index (χ0n) is 16.6. The molecule has 0 radical (unpaired) electrons. The smallest absolute Gasteiger partial charge is 0.191 e. The quantitative estimate of drug-likeness (QED) is 0.341. The van der Waals surface area contributed by atoms with Crippen LogP contribution in [0.25, 0.3) is 0 Å². The maximum atomic E-state index is 5.67. The Bertz CT molecular complexity index is 524. The van der Waals surface area contributed by atoms with Gasteiger partial charge in [0.05, 0.1) is 6.54 Å². The highest BCUT2D eigenvalue weighted by Gasteiger charge is 2.20. The molecule has 0 aliphatic heterocycles. The predicted octanol–water partition coefficient (Wildman–Crippen LogP) is 2.80. The van der Waals surface area contributed by atoms with Gasteiger partial charge in [0.1, 0.15) is 5.82 Å². The van der Waals surface area contributed by atoms with Crippen LogP contribution in [0.15, 0.2) is 23.3 Å². The van der Waals surface area contributed by atoms with Gasteiger partial charge in [0.25, 0.3) is 0 Å². The van der Waals surface area contributed by atoms with Crippen LogP contribution in [-0.4, -0.2) is 50.3 Å². The second kappa shape index (κ2) is 11.7. The standard InChI is InChI=1S/C20H35N5O/c1-4-21-20(22-12-7-13-26-16-17-8-9-17)24-15-18-10-11-19(23-14-18)25(5-2)6-3/h10-11,14,17H,4-9,12-13,15-16H2,1-3H3,(H2,21,22,24). The number of aromatic nitrogens is 1. The largest absolute Gasteiger partial charge is 0.381 e. The van der Waals surface area contributed by atoms with Gasteiger partial charge in [-0.05, 0) is 57.6 Å². The van der Waals surface area contributed by atoms with E-state index in [-0.39, 0.29) is 0 Å². The molecule has 0 amide bonds. The van der Waals surface area contributed by atoms with E-state index < -0.39 is 0 Å². The van der Waals surface area contributed by atoms with Gasteiger partial charge in [0.15, 0.2) is 5.96 Å². The summed E-state index contributed by atoms with van der Waals surface area (Å²) in [6.07, 6.45) is 5.62. The number of rotatable bonds is 12. The van der Waals surface area contributed by atoms with Crippen molar-refractivity contribution in [2.45, 2.75) is 46.6 Å². The zero-order valence-corrected chi connectivity index (χ0v) is 16.6. The topological polar surface area (TPSA) is 61.8 Å². The lowest BCUT2D eigenvalue weighted by atomic mass is 10.3. The number of anilines is 1. The fourth-order valence-corrected chi connectivity index (χ4v) is 2.67. The fourth-order valence-electron chi connectivity index (χ4n) is 2.67. The highest BCUT2D eigenvalue weighted by molar-refractivity contribution is 5.79. The van der Waals surface area contributed by atoms with E-state index in [4.69, 9.17) is 4.74 Å². The van der Waals surface area contributed by atoms with Crippen LogP contribution in [0.4, 0.5) is 5.82 Å². The first kappa shape index (κ1) is 20.5. The molecule has 1 heterocycles. The van der Waals surface area contributed by atoms with Gasteiger partial charge >= 0.3 is 0 Å². The fraction of sp³-hybridized carbons (Fsp3) is 0.700. The average Bonchev–Trinajstić information content (AvgIpc) is 3.49. The number of nitrogens with zero attached hydrogens (tertiary/aromatic N) is 3. The number of guanidine groups is 1. The molecular weight excluding hydrogens is 326 g/mol. The number of aliphatic imine (C=N–C) groups is 1. The van der Waals surface area contributed by atoms with Gasteiger partial charge in [-0.2, -0.15) is 0 Å². The van der Waals surface area contributed by atoms with Crippen LogP contribution in [0.2, 0.25) is 0 Å². The molecule has 6 heteroatoms. The van der Waals surface area contributed by atoms with Crippen molar-refractivity contribution in [3.8, 4) is 0 Å². The summed E-state index contributed by atoms with van der Waals surface area (Å²) in [7, 11) is 0. The van der Waals surface area contributed by atoms with Crippen molar-refractivity contribution in [1.82, 2.24) is 15.6 Å². The molecule has 1 saturated carbocycles. The summed E-state index contributed by atoms with van der Waals surface area (Å²) < 4.78 is 5.67. The SMILES string of the molecule is CCNC(=NCc1ccc(N(CC)CC)nc1)NCCCOCC1CC1. The number of hydrogen-bond acceptors (Lipinski definition) is 4. The van der Waals surface area contributed by atoms with E-state index in [1.54, 1.807) is 0 Å². The minimum atomic E-state index is 0.624. The van der Waals surface area contributed by atoms with Gasteiger partial charge in [0.2, 0.25) is 0 Å². The van der Waals surface area contributed by atoms with Crippen molar-refractivity contribution in [2.75, 3.05) is 44.3 Å². The van der Waals surface area contributed by atoms with E-state index in [1.165, 1.54) is 12.8 Å². The van der Waals surface area contributed by atoms with Crippen molar-refractivity contribution in [1.29, 1.82) is 0 Å². The lowest BCUT2D eigenvalue weighted by molar-refractivity contribution is 0.123. The number of hydrogen-bond donors (Lipinski definition) is 2. The molecule has 0 saturated heterocycles. The van der Waals surface area contributed by atoms with E-state index >= 15 is 0 Å². The first-order chi connectivity index (χ1) is 12.8. The molecule has 0 spiro atoms. The molecule has 0 bridgehead atoms. The van der Waals surface area contributed by atoms with Crippen LogP contribution in [-0.2, 0) is 11.3 Å². The molecule has 1 aromatic heterocycles. The normalized spacial score (nSPS) is 14.3. The molecular formula is C20H35N5O. The maximum absolute atomic E-state index is 5.67. The monoisotopic (exact) mass is 361 g/mol. The second-order valence-electron chi connectivity index (χ2n) is 6.69. The molecule has 146 valence electrons. The molecule has 6 nitrogen and oxygen atoms in total. The molecule has 1 fully saturated rings. The van der Waals surface area contributed by atoms with E-state index in [9.17, 15) is 0 Å². The molecule has 2 rings (SSSR count). The van der Waals surface area contributed by atoms with Crippen molar-refractivity contribution < 1.29 is 4.74 Å². The van der Waals surface area contributed by atoms with Crippen LogP contribution >= 0.6 is 0 Å². The first-order valence-electron chi connectivity index (χ1n) is 10.1. The van der Waals surface area contributed by atoms with Crippen molar-refractivity contribution >= 4 is 11.8 Å². The average molecular weight is 362 g/mol. The molecule has 2 N–H and O–H groups in total. The van der Waals surface area contributed by atoms with E-state index in [1.807, 2.05) is 6.20 Å². The molecule has 1 aliphatic carbocycles. The lowest BCUT2D eigenvalue weighted by Gasteiger charge is -2.19. The Balaban J connectivity index is 1.73.